The van der Waals surface area contributed by atoms with E-state index < -0.39 is 0 Å². The van der Waals surface area contributed by atoms with E-state index in [1.165, 1.54) is 12.1 Å². The lowest BCUT2D eigenvalue weighted by Gasteiger charge is -2.22. The smallest absolute Gasteiger partial charge is 0.135 e. The molecule has 0 amide bonds. The van der Waals surface area contributed by atoms with Crippen LogP contribution in [0.5, 0.6) is 0 Å². The van der Waals surface area contributed by atoms with Crippen molar-refractivity contribution in [3.8, 4) is 11.3 Å². The Morgan fingerprint density at radius 1 is 1.08 bits per heavy atom. The lowest BCUT2D eigenvalue weighted by Crippen LogP contribution is -2.29. The minimum atomic E-state index is -0.282. The third-order valence-corrected chi connectivity index (χ3v) is 4.48. The highest BCUT2D eigenvalue weighted by Gasteiger charge is 2.19. The first-order valence-corrected chi connectivity index (χ1v) is 8.80. The summed E-state index contributed by atoms with van der Waals surface area (Å²) in [6.07, 6.45) is 5.67. The largest absolute Gasteiger partial charge is 0.340 e. The van der Waals surface area contributed by atoms with Crippen molar-refractivity contribution in [3.63, 3.8) is 0 Å². The van der Waals surface area contributed by atoms with E-state index in [4.69, 9.17) is 9.97 Å². The van der Waals surface area contributed by atoms with Crippen molar-refractivity contribution < 1.29 is 4.39 Å². The third-order valence-electron chi connectivity index (χ3n) is 4.48. The van der Waals surface area contributed by atoms with Crippen LogP contribution in [-0.2, 0) is 0 Å². The van der Waals surface area contributed by atoms with Gasteiger partial charge in [-0.05, 0) is 49.7 Å². The first-order chi connectivity index (χ1) is 12.8. The Morgan fingerprint density at radius 3 is 2.73 bits per heavy atom. The second kappa shape index (κ2) is 7.58. The molecule has 1 aliphatic heterocycles. The third kappa shape index (κ3) is 3.86. The summed E-state index contributed by atoms with van der Waals surface area (Å²) >= 11 is 0. The molecular formula is C20H20FN5. The van der Waals surface area contributed by atoms with E-state index in [9.17, 15) is 4.39 Å². The van der Waals surface area contributed by atoms with E-state index in [0.717, 1.165) is 43.0 Å². The monoisotopic (exact) mass is 349 g/mol. The molecule has 2 N–H and O–H groups in total. The van der Waals surface area contributed by atoms with Crippen molar-refractivity contribution >= 4 is 11.5 Å². The summed E-state index contributed by atoms with van der Waals surface area (Å²) in [5, 5.41) is 6.62. The van der Waals surface area contributed by atoms with Gasteiger partial charge in [0.1, 0.15) is 17.5 Å². The molecule has 1 atom stereocenters. The van der Waals surface area contributed by atoms with Gasteiger partial charge in [0.15, 0.2) is 0 Å². The Labute approximate surface area is 151 Å². The average molecular weight is 349 g/mol. The number of anilines is 2. The van der Waals surface area contributed by atoms with Crippen molar-refractivity contribution in [2.75, 3.05) is 18.4 Å². The predicted octanol–water partition coefficient (Wildman–Crippen LogP) is 3.89. The van der Waals surface area contributed by atoms with Gasteiger partial charge in [-0.1, -0.05) is 6.07 Å². The van der Waals surface area contributed by atoms with E-state index >= 15 is 0 Å². The molecule has 132 valence electrons. The van der Waals surface area contributed by atoms with Crippen molar-refractivity contribution in [2.45, 2.75) is 18.8 Å². The molecule has 0 spiro atoms. The second-order valence-electron chi connectivity index (χ2n) is 6.41. The standard InChI is InChI=1S/C20H20FN5/c21-16-4-1-5-17(11-16)24-19-12-18(14-6-9-22-10-7-14)25-20(26-19)15-3-2-8-23-13-15/h1,4-7,9-12,15,23H,2-3,8,13H2,(H,24,25,26)/t15-/m0/s1. The van der Waals surface area contributed by atoms with Crippen molar-refractivity contribution in [3.05, 3.63) is 66.5 Å². The molecule has 6 heteroatoms. The molecule has 0 saturated carbocycles. The molecule has 1 aliphatic rings. The quantitative estimate of drug-likeness (QED) is 0.748. The number of hydrogen-bond donors (Lipinski definition) is 2. The van der Waals surface area contributed by atoms with E-state index in [-0.39, 0.29) is 11.7 Å². The van der Waals surface area contributed by atoms with E-state index in [1.807, 2.05) is 24.3 Å². The molecule has 0 aliphatic carbocycles. The minimum absolute atomic E-state index is 0.276. The summed E-state index contributed by atoms with van der Waals surface area (Å²) in [6, 6.07) is 12.1. The first-order valence-electron chi connectivity index (χ1n) is 8.80. The van der Waals surface area contributed by atoms with Crippen LogP contribution in [0.15, 0.2) is 54.9 Å². The highest BCUT2D eigenvalue weighted by atomic mass is 19.1. The molecule has 0 bridgehead atoms. The van der Waals surface area contributed by atoms with Gasteiger partial charge in [0.25, 0.3) is 0 Å². The van der Waals surface area contributed by atoms with Gasteiger partial charge >= 0.3 is 0 Å². The highest BCUT2D eigenvalue weighted by molar-refractivity contribution is 5.65. The zero-order valence-corrected chi connectivity index (χ0v) is 14.3. The van der Waals surface area contributed by atoms with Crippen molar-refractivity contribution in [2.24, 2.45) is 0 Å². The molecule has 2 aromatic heterocycles. The Balaban J connectivity index is 1.72. The van der Waals surface area contributed by atoms with Gasteiger partial charge < -0.3 is 10.6 Å². The van der Waals surface area contributed by atoms with Gasteiger partial charge in [-0.3, -0.25) is 4.98 Å². The number of hydrogen-bond acceptors (Lipinski definition) is 5. The van der Waals surface area contributed by atoms with E-state index in [2.05, 4.69) is 15.6 Å². The Hall–Kier alpha value is -2.86. The summed E-state index contributed by atoms with van der Waals surface area (Å²) in [7, 11) is 0. The average Bonchev–Trinajstić information content (AvgIpc) is 2.69. The van der Waals surface area contributed by atoms with Crippen LogP contribution in [-0.4, -0.2) is 28.0 Å². The van der Waals surface area contributed by atoms with Crippen LogP contribution in [0.1, 0.15) is 24.6 Å². The summed E-state index contributed by atoms with van der Waals surface area (Å²) in [4.78, 5) is 13.6. The van der Waals surface area contributed by atoms with Gasteiger partial charge in [0.2, 0.25) is 0 Å². The number of nitrogens with zero attached hydrogens (tertiary/aromatic N) is 3. The number of nitrogens with one attached hydrogen (secondary N) is 2. The fraction of sp³-hybridized carbons (Fsp3) is 0.250. The van der Waals surface area contributed by atoms with Crippen molar-refractivity contribution in [1.82, 2.24) is 20.3 Å². The minimum Gasteiger partial charge on any atom is -0.340 e. The molecule has 0 unspecified atom stereocenters. The lowest BCUT2D eigenvalue weighted by atomic mass is 9.98. The van der Waals surface area contributed by atoms with E-state index in [1.54, 1.807) is 18.5 Å². The molecule has 26 heavy (non-hydrogen) atoms. The normalized spacial score (nSPS) is 17.0. The highest BCUT2D eigenvalue weighted by Crippen LogP contribution is 2.27. The van der Waals surface area contributed by atoms with Crippen LogP contribution in [0.4, 0.5) is 15.9 Å². The zero-order valence-electron chi connectivity index (χ0n) is 14.3. The molecule has 0 radical (unpaired) electrons. The van der Waals surface area contributed by atoms with Crippen LogP contribution in [0, 0.1) is 5.82 Å². The van der Waals surface area contributed by atoms with Gasteiger partial charge in [-0.25, -0.2) is 14.4 Å². The SMILES string of the molecule is Fc1cccc(Nc2cc(-c3ccncc3)nc([C@H]3CCCNC3)n2)c1. The molecule has 5 nitrogen and oxygen atoms in total. The van der Waals surface area contributed by atoms with Gasteiger partial charge in [-0.15, -0.1) is 0 Å². The number of aromatic nitrogens is 3. The van der Waals surface area contributed by atoms with E-state index in [0.29, 0.717) is 11.5 Å². The topological polar surface area (TPSA) is 62.7 Å². The summed E-state index contributed by atoms with van der Waals surface area (Å²) in [5.74, 6) is 1.47. The first kappa shape index (κ1) is 16.6. The molecule has 4 rings (SSSR count). The fourth-order valence-corrected chi connectivity index (χ4v) is 3.17. The van der Waals surface area contributed by atoms with Gasteiger partial charge in [0.05, 0.1) is 5.69 Å². The summed E-state index contributed by atoms with van der Waals surface area (Å²) in [5.41, 5.74) is 2.48. The number of piperidine rings is 1. The number of pyridine rings is 1. The van der Waals surface area contributed by atoms with Crippen LogP contribution in [0.3, 0.4) is 0 Å². The fourth-order valence-electron chi connectivity index (χ4n) is 3.17. The molecule has 1 aromatic carbocycles. The summed E-state index contributed by atoms with van der Waals surface area (Å²) in [6.45, 7) is 1.91. The summed E-state index contributed by atoms with van der Waals surface area (Å²) < 4.78 is 13.5. The second-order valence-corrected chi connectivity index (χ2v) is 6.41. The van der Waals surface area contributed by atoms with Crippen LogP contribution < -0.4 is 10.6 Å². The maximum absolute atomic E-state index is 13.5. The maximum atomic E-state index is 13.5. The zero-order chi connectivity index (χ0) is 17.8. The molecular weight excluding hydrogens is 329 g/mol. The molecule has 1 fully saturated rings. The maximum Gasteiger partial charge on any atom is 0.135 e. The van der Waals surface area contributed by atoms with Gasteiger partial charge in [0, 0.05) is 42.2 Å². The number of rotatable bonds is 4. The van der Waals surface area contributed by atoms with Crippen LogP contribution in [0.2, 0.25) is 0 Å². The Bertz CT molecular complexity index is 878. The predicted molar refractivity (Wildman–Crippen MR) is 99.8 cm³/mol. The van der Waals surface area contributed by atoms with Crippen molar-refractivity contribution in [1.29, 1.82) is 0 Å². The van der Waals surface area contributed by atoms with Gasteiger partial charge in [-0.2, -0.15) is 0 Å². The molecule has 3 heterocycles. The van der Waals surface area contributed by atoms with Crippen LogP contribution in [0.25, 0.3) is 11.3 Å². The molecule has 1 saturated heterocycles. The van der Waals surface area contributed by atoms with Crippen LogP contribution >= 0.6 is 0 Å². The molecule has 3 aromatic rings. The Morgan fingerprint density at radius 2 is 1.96 bits per heavy atom. The number of benzene rings is 1. The number of halogens is 1. The lowest BCUT2D eigenvalue weighted by molar-refractivity contribution is 0.447. The Kier molecular flexibility index (Phi) is 4.84.